The molecule has 0 aromatic carbocycles. The highest BCUT2D eigenvalue weighted by Gasteiger charge is 2.23. The Labute approximate surface area is 89.3 Å². The molecule has 0 radical (unpaired) electrons. The van der Waals surface area contributed by atoms with E-state index in [-0.39, 0.29) is 5.41 Å². The van der Waals surface area contributed by atoms with E-state index in [1.165, 1.54) is 10.7 Å². The third-order valence-corrected chi connectivity index (χ3v) is 3.58. The van der Waals surface area contributed by atoms with Gasteiger partial charge in [0, 0.05) is 23.3 Å². The predicted molar refractivity (Wildman–Crippen MR) is 59.0 cm³/mol. The van der Waals surface area contributed by atoms with E-state index in [0.717, 1.165) is 19.6 Å². The second-order valence-electron chi connectivity index (χ2n) is 4.88. The molecule has 1 aliphatic heterocycles. The van der Waals surface area contributed by atoms with Gasteiger partial charge in [-0.3, -0.25) is 0 Å². The van der Waals surface area contributed by atoms with Gasteiger partial charge in [0.15, 0.2) is 0 Å². The summed E-state index contributed by atoms with van der Waals surface area (Å²) >= 11 is 1.78. The van der Waals surface area contributed by atoms with Crippen molar-refractivity contribution in [3.05, 3.63) is 16.1 Å². The van der Waals surface area contributed by atoms with Crippen LogP contribution in [0.15, 0.2) is 5.38 Å². The lowest BCUT2D eigenvalue weighted by atomic mass is 9.93. The quantitative estimate of drug-likeness (QED) is 0.712. The number of thiazole rings is 1. The fraction of sp³-hybridized carbons (Fsp3) is 0.727. The maximum Gasteiger partial charge on any atom is 0.0983 e. The van der Waals surface area contributed by atoms with Crippen LogP contribution in [0.5, 0.6) is 0 Å². The van der Waals surface area contributed by atoms with Crippen molar-refractivity contribution < 1.29 is 4.74 Å². The summed E-state index contributed by atoms with van der Waals surface area (Å²) in [6.45, 7) is 8.37. The Hall–Kier alpha value is -0.410. The molecule has 0 N–H and O–H groups in total. The van der Waals surface area contributed by atoms with Gasteiger partial charge >= 0.3 is 0 Å². The molecule has 0 saturated carbocycles. The molecule has 0 bridgehead atoms. The summed E-state index contributed by atoms with van der Waals surface area (Å²) in [5.74, 6) is 0.552. The summed E-state index contributed by atoms with van der Waals surface area (Å²) in [5, 5.41) is 3.45. The Morgan fingerprint density at radius 1 is 1.50 bits per heavy atom. The summed E-state index contributed by atoms with van der Waals surface area (Å²) in [6.07, 6.45) is 1.14. The lowest BCUT2D eigenvalue weighted by Gasteiger charge is -2.14. The molecule has 2 heterocycles. The summed E-state index contributed by atoms with van der Waals surface area (Å²) in [5.41, 5.74) is 1.39. The van der Waals surface area contributed by atoms with E-state index in [1.807, 2.05) is 0 Å². The van der Waals surface area contributed by atoms with Gasteiger partial charge in [0.05, 0.1) is 17.3 Å². The second kappa shape index (κ2) is 3.63. The average molecular weight is 211 g/mol. The van der Waals surface area contributed by atoms with Gasteiger partial charge in [-0.25, -0.2) is 4.98 Å². The van der Waals surface area contributed by atoms with Crippen LogP contribution >= 0.6 is 11.3 Å². The van der Waals surface area contributed by atoms with Crippen LogP contribution in [0.4, 0.5) is 0 Å². The summed E-state index contributed by atoms with van der Waals surface area (Å²) in [6, 6.07) is 0. The van der Waals surface area contributed by atoms with Crippen molar-refractivity contribution >= 4 is 11.3 Å². The molecule has 3 heteroatoms. The minimum absolute atomic E-state index is 0.175. The van der Waals surface area contributed by atoms with Crippen molar-refractivity contribution in [2.24, 2.45) is 0 Å². The maximum absolute atomic E-state index is 5.37. The van der Waals surface area contributed by atoms with Gasteiger partial charge in [0.2, 0.25) is 0 Å². The molecule has 1 saturated heterocycles. The second-order valence-corrected chi connectivity index (χ2v) is 5.77. The van der Waals surface area contributed by atoms with Crippen LogP contribution < -0.4 is 0 Å². The molecule has 0 spiro atoms. The van der Waals surface area contributed by atoms with Gasteiger partial charge in [-0.05, 0) is 6.42 Å². The first-order valence-electron chi connectivity index (χ1n) is 5.11. The summed E-state index contributed by atoms with van der Waals surface area (Å²) < 4.78 is 5.37. The van der Waals surface area contributed by atoms with Gasteiger partial charge in [-0.1, -0.05) is 20.8 Å². The zero-order chi connectivity index (χ0) is 10.2. The van der Waals surface area contributed by atoms with Crippen LogP contribution in [-0.2, 0) is 10.2 Å². The van der Waals surface area contributed by atoms with Crippen LogP contribution in [0, 0.1) is 0 Å². The summed E-state index contributed by atoms with van der Waals surface area (Å²) in [4.78, 5) is 4.70. The Bertz CT molecular complexity index is 307. The van der Waals surface area contributed by atoms with Gasteiger partial charge < -0.3 is 4.74 Å². The van der Waals surface area contributed by atoms with E-state index >= 15 is 0 Å². The molecule has 78 valence electrons. The highest BCUT2D eigenvalue weighted by Crippen LogP contribution is 2.31. The van der Waals surface area contributed by atoms with Crippen molar-refractivity contribution in [2.45, 2.75) is 38.5 Å². The van der Waals surface area contributed by atoms with Gasteiger partial charge in [0.1, 0.15) is 0 Å². The first-order chi connectivity index (χ1) is 6.57. The lowest BCUT2D eigenvalue weighted by molar-refractivity contribution is 0.194. The Morgan fingerprint density at radius 3 is 2.79 bits per heavy atom. The Kier molecular flexibility index (Phi) is 2.62. The van der Waals surface area contributed by atoms with E-state index in [9.17, 15) is 0 Å². The van der Waals surface area contributed by atoms with Crippen LogP contribution in [0.3, 0.4) is 0 Å². The average Bonchev–Trinajstić information content (AvgIpc) is 2.73. The van der Waals surface area contributed by atoms with E-state index in [1.54, 1.807) is 11.3 Å². The molecule has 0 aliphatic carbocycles. The van der Waals surface area contributed by atoms with Crippen molar-refractivity contribution in [3.63, 3.8) is 0 Å². The van der Waals surface area contributed by atoms with E-state index in [2.05, 4.69) is 26.2 Å². The first kappa shape index (κ1) is 10.1. The zero-order valence-electron chi connectivity index (χ0n) is 9.04. The van der Waals surface area contributed by atoms with Crippen molar-refractivity contribution in [1.82, 2.24) is 4.98 Å². The topological polar surface area (TPSA) is 22.1 Å². The highest BCUT2D eigenvalue weighted by atomic mass is 32.1. The normalized spacial score (nSPS) is 22.9. The molecule has 1 aromatic heterocycles. The number of rotatable bonds is 1. The minimum atomic E-state index is 0.175. The monoisotopic (exact) mass is 211 g/mol. The fourth-order valence-electron chi connectivity index (χ4n) is 1.55. The third kappa shape index (κ3) is 1.98. The number of ether oxygens (including phenoxy) is 1. The van der Waals surface area contributed by atoms with E-state index in [4.69, 9.17) is 9.72 Å². The molecule has 1 unspecified atom stereocenters. The van der Waals surface area contributed by atoms with Gasteiger partial charge in [0.25, 0.3) is 0 Å². The predicted octanol–water partition coefficient (Wildman–Crippen LogP) is 2.94. The SMILES string of the molecule is CC(C)(C)c1csc(C2CCOC2)n1. The molecule has 0 amide bonds. The number of hydrogen-bond donors (Lipinski definition) is 0. The molecule has 1 atom stereocenters. The standard InChI is InChI=1S/C11H17NOS/c1-11(2,3)9-7-14-10(12-9)8-4-5-13-6-8/h7-8H,4-6H2,1-3H3. The van der Waals surface area contributed by atoms with Crippen LogP contribution in [-0.4, -0.2) is 18.2 Å². The Morgan fingerprint density at radius 2 is 2.29 bits per heavy atom. The number of aromatic nitrogens is 1. The molecule has 2 rings (SSSR count). The molecular weight excluding hydrogens is 194 g/mol. The van der Waals surface area contributed by atoms with Gasteiger partial charge in [-0.15, -0.1) is 11.3 Å². The largest absolute Gasteiger partial charge is 0.381 e. The minimum Gasteiger partial charge on any atom is -0.381 e. The molecule has 1 fully saturated rings. The van der Waals surface area contributed by atoms with Crippen LogP contribution in [0.2, 0.25) is 0 Å². The molecule has 2 nitrogen and oxygen atoms in total. The molecule has 1 aromatic rings. The molecule has 14 heavy (non-hydrogen) atoms. The van der Waals surface area contributed by atoms with Crippen molar-refractivity contribution in [3.8, 4) is 0 Å². The smallest absolute Gasteiger partial charge is 0.0983 e. The van der Waals surface area contributed by atoms with Crippen molar-refractivity contribution in [2.75, 3.05) is 13.2 Å². The molecule has 1 aliphatic rings. The Balaban J connectivity index is 2.17. The highest BCUT2D eigenvalue weighted by molar-refractivity contribution is 7.09. The lowest BCUT2D eigenvalue weighted by Crippen LogP contribution is -2.12. The van der Waals surface area contributed by atoms with Crippen LogP contribution in [0.25, 0.3) is 0 Å². The van der Waals surface area contributed by atoms with Crippen LogP contribution in [0.1, 0.15) is 43.8 Å². The number of nitrogens with zero attached hydrogens (tertiary/aromatic N) is 1. The first-order valence-corrected chi connectivity index (χ1v) is 5.99. The van der Waals surface area contributed by atoms with Crippen molar-refractivity contribution in [1.29, 1.82) is 0 Å². The molecular formula is C11H17NOS. The maximum atomic E-state index is 5.37. The fourth-order valence-corrected chi connectivity index (χ4v) is 2.72. The van der Waals surface area contributed by atoms with E-state index in [0.29, 0.717) is 5.92 Å². The van der Waals surface area contributed by atoms with Gasteiger partial charge in [-0.2, -0.15) is 0 Å². The third-order valence-electron chi connectivity index (χ3n) is 2.57. The van der Waals surface area contributed by atoms with E-state index < -0.39 is 0 Å². The summed E-state index contributed by atoms with van der Waals surface area (Å²) in [7, 11) is 0. The zero-order valence-corrected chi connectivity index (χ0v) is 9.86. The number of hydrogen-bond acceptors (Lipinski definition) is 3.